The molecule has 18 heavy (non-hydrogen) atoms. The maximum Gasteiger partial charge on any atom is 0.355 e. The number of fused-ring (bicyclic) bond motifs is 1. The number of rotatable bonds is 3. The summed E-state index contributed by atoms with van der Waals surface area (Å²) in [5.74, 6) is -0.0535. The van der Waals surface area contributed by atoms with Gasteiger partial charge in [-0.05, 0) is 24.1 Å². The second kappa shape index (κ2) is 5.02. The number of carboxylic acids is 1. The molecule has 0 radical (unpaired) electrons. The van der Waals surface area contributed by atoms with Crippen LogP contribution in [0.3, 0.4) is 0 Å². The Kier molecular flexibility index (Phi) is 3.61. The lowest BCUT2D eigenvalue weighted by Crippen LogP contribution is -2.08. The van der Waals surface area contributed by atoms with Crippen LogP contribution in [0.15, 0.2) is 22.7 Å². The molecular weight excluding hydrogens is 296 g/mol. The molecule has 1 N–H and O–H groups in total. The zero-order chi connectivity index (χ0) is 13.3. The molecule has 2 rings (SSSR count). The number of carbonyl (C=O) groups is 1. The third-order valence-electron chi connectivity index (χ3n) is 2.50. The second-order valence-corrected chi connectivity index (χ2v) is 5.47. The van der Waals surface area contributed by atoms with E-state index in [4.69, 9.17) is 0 Å². The minimum atomic E-state index is -1.02. The van der Waals surface area contributed by atoms with Crippen LogP contribution in [-0.4, -0.2) is 21.0 Å². The smallest absolute Gasteiger partial charge is 0.355 e. The number of hydrogen-bond donors (Lipinski definition) is 1. The van der Waals surface area contributed by atoms with Gasteiger partial charge < -0.3 is 5.11 Å². The van der Waals surface area contributed by atoms with E-state index in [1.807, 2.05) is 6.07 Å². The maximum absolute atomic E-state index is 11.3. The lowest BCUT2D eigenvalue weighted by atomic mass is 10.1. The van der Waals surface area contributed by atoms with E-state index >= 15 is 0 Å². The van der Waals surface area contributed by atoms with Crippen LogP contribution in [-0.2, 0) is 6.42 Å². The summed E-state index contributed by atoms with van der Waals surface area (Å²) < 4.78 is 0.817. The number of nitrogens with zero attached hydrogens (tertiary/aromatic N) is 2. The van der Waals surface area contributed by atoms with Crippen molar-refractivity contribution in [1.82, 2.24) is 9.97 Å². The predicted molar refractivity (Wildman–Crippen MR) is 72.7 cm³/mol. The van der Waals surface area contributed by atoms with Crippen molar-refractivity contribution in [1.29, 1.82) is 0 Å². The van der Waals surface area contributed by atoms with Crippen molar-refractivity contribution >= 4 is 32.8 Å². The lowest BCUT2D eigenvalue weighted by Gasteiger charge is -2.07. The fraction of sp³-hybridized carbons (Fsp3) is 0.308. The molecule has 2 aromatic rings. The van der Waals surface area contributed by atoms with E-state index in [9.17, 15) is 9.90 Å². The summed E-state index contributed by atoms with van der Waals surface area (Å²) in [5, 5.41) is 9.79. The van der Waals surface area contributed by atoms with Crippen LogP contribution in [0, 0.1) is 5.92 Å². The van der Waals surface area contributed by atoms with Gasteiger partial charge in [-0.15, -0.1) is 0 Å². The van der Waals surface area contributed by atoms with E-state index in [-0.39, 0.29) is 5.69 Å². The van der Waals surface area contributed by atoms with Gasteiger partial charge in [0.05, 0.1) is 5.52 Å². The van der Waals surface area contributed by atoms with Crippen molar-refractivity contribution < 1.29 is 9.90 Å². The molecule has 0 spiro atoms. The standard InChI is InChI=1S/C13H13BrN2O2/c1-7(2)5-11-15-10-4-3-8(14)6-9(10)12(16-11)13(17)18/h3-4,6-7H,5H2,1-2H3,(H,17,18). The third kappa shape index (κ3) is 2.67. The Balaban J connectivity index is 2.66. The number of hydrogen-bond acceptors (Lipinski definition) is 3. The predicted octanol–water partition coefficient (Wildman–Crippen LogP) is 3.29. The first-order valence-corrected chi connectivity index (χ1v) is 6.46. The lowest BCUT2D eigenvalue weighted by molar-refractivity contribution is 0.0692. The molecule has 0 aliphatic heterocycles. The fourth-order valence-corrected chi connectivity index (χ4v) is 2.13. The fourth-order valence-electron chi connectivity index (χ4n) is 1.77. The molecule has 94 valence electrons. The third-order valence-corrected chi connectivity index (χ3v) is 2.99. The number of carboxylic acid groups (broad SMARTS) is 1. The molecular formula is C13H13BrN2O2. The van der Waals surface area contributed by atoms with Gasteiger partial charge in [-0.2, -0.15) is 0 Å². The van der Waals surface area contributed by atoms with E-state index in [1.165, 1.54) is 0 Å². The Morgan fingerprint density at radius 2 is 2.11 bits per heavy atom. The van der Waals surface area contributed by atoms with E-state index < -0.39 is 5.97 Å². The molecule has 1 aromatic heterocycles. The Hall–Kier alpha value is -1.49. The van der Waals surface area contributed by atoms with Crippen molar-refractivity contribution in [3.05, 3.63) is 34.2 Å². The zero-order valence-corrected chi connectivity index (χ0v) is 11.7. The Morgan fingerprint density at radius 3 is 2.72 bits per heavy atom. The molecule has 0 amide bonds. The number of halogens is 1. The zero-order valence-electron chi connectivity index (χ0n) is 10.1. The number of aromatic nitrogens is 2. The molecule has 0 unspecified atom stereocenters. The molecule has 5 heteroatoms. The van der Waals surface area contributed by atoms with E-state index in [1.54, 1.807) is 12.1 Å². The first-order chi connectivity index (χ1) is 8.47. The molecule has 0 aliphatic carbocycles. The largest absolute Gasteiger partial charge is 0.476 e. The SMILES string of the molecule is CC(C)Cc1nc(C(=O)O)c2cc(Br)ccc2n1. The van der Waals surface area contributed by atoms with Gasteiger partial charge in [0, 0.05) is 16.3 Å². The van der Waals surface area contributed by atoms with Crippen LogP contribution in [0.1, 0.15) is 30.2 Å². The molecule has 0 saturated carbocycles. The molecule has 0 fully saturated rings. The average Bonchev–Trinajstić information content (AvgIpc) is 2.27. The van der Waals surface area contributed by atoms with Crippen molar-refractivity contribution in [2.24, 2.45) is 5.92 Å². The molecule has 0 atom stereocenters. The highest BCUT2D eigenvalue weighted by molar-refractivity contribution is 9.10. The molecule has 0 saturated heterocycles. The summed E-state index contributed by atoms with van der Waals surface area (Å²) >= 11 is 3.33. The van der Waals surface area contributed by atoms with Crippen molar-refractivity contribution in [2.75, 3.05) is 0 Å². The highest BCUT2D eigenvalue weighted by Gasteiger charge is 2.14. The van der Waals surface area contributed by atoms with E-state index in [0.717, 1.165) is 4.47 Å². The number of aromatic carboxylic acids is 1. The molecule has 4 nitrogen and oxygen atoms in total. The van der Waals surface area contributed by atoms with Gasteiger partial charge in [0.25, 0.3) is 0 Å². The van der Waals surface area contributed by atoms with Crippen LogP contribution in [0.5, 0.6) is 0 Å². The summed E-state index contributed by atoms with van der Waals surface area (Å²) in [7, 11) is 0. The van der Waals surface area contributed by atoms with Crippen LogP contribution in [0.25, 0.3) is 10.9 Å². The molecule has 0 bridgehead atoms. The summed E-state index contributed by atoms with van der Waals surface area (Å²) in [6.45, 7) is 4.10. The van der Waals surface area contributed by atoms with Gasteiger partial charge in [0.15, 0.2) is 5.69 Å². The second-order valence-electron chi connectivity index (χ2n) is 4.55. The quantitative estimate of drug-likeness (QED) is 0.945. The first kappa shape index (κ1) is 13.0. The van der Waals surface area contributed by atoms with Crippen LogP contribution in [0.4, 0.5) is 0 Å². The highest BCUT2D eigenvalue weighted by atomic mass is 79.9. The van der Waals surface area contributed by atoms with Crippen molar-refractivity contribution in [3.8, 4) is 0 Å². The Labute approximate surface area is 113 Å². The maximum atomic E-state index is 11.3. The summed E-state index contributed by atoms with van der Waals surface area (Å²) in [5.41, 5.74) is 0.734. The van der Waals surface area contributed by atoms with E-state index in [0.29, 0.717) is 29.1 Å². The summed E-state index contributed by atoms with van der Waals surface area (Å²) in [4.78, 5) is 19.8. The molecule has 1 aromatic carbocycles. The van der Waals surface area contributed by atoms with Crippen molar-refractivity contribution in [3.63, 3.8) is 0 Å². The van der Waals surface area contributed by atoms with Gasteiger partial charge >= 0.3 is 5.97 Å². The normalized spacial score (nSPS) is 11.1. The van der Waals surface area contributed by atoms with Crippen molar-refractivity contribution in [2.45, 2.75) is 20.3 Å². The van der Waals surface area contributed by atoms with Crippen LogP contribution < -0.4 is 0 Å². The summed E-state index contributed by atoms with van der Waals surface area (Å²) in [6.07, 6.45) is 0.673. The van der Waals surface area contributed by atoms with Gasteiger partial charge in [0.2, 0.25) is 0 Å². The first-order valence-electron chi connectivity index (χ1n) is 5.67. The van der Waals surface area contributed by atoms with Gasteiger partial charge in [0.1, 0.15) is 5.82 Å². The average molecular weight is 309 g/mol. The Bertz CT molecular complexity index is 611. The number of benzene rings is 1. The summed E-state index contributed by atoms with van der Waals surface area (Å²) in [6, 6.07) is 5.38. The van der Waals surface area contributed by atoms with Gasteiger partial charge in [-0.3, -0.25) is 0 Å². The monoisotopic (exact) mass is 308 g/mol. The van der Waals surface area contributed by atoms with Gasteiger partial charge in [-0.1, -0.05) is 29.8 Å². The minimum absolute atomic E-state index is 0.0666. The topological polar surface area (TPSA) is 63.1 Å². The van der Waals surface area contributed by atoms with E-state index in [2.05, 4.69) is 39.7 Å². The van der Waals surface area contributed by atoms with Crippen LogP contribution in [0.2, 0.25) is 0 Å². The van der Waals surface area contributed by atoms with Crippen LogP contribution >= 0.6 is 15.9 Å². The van der Waals surface area contributed by atoms with Gasteiger partial charge in [-0.25, -0.2) is 14.8 Å². The Morgan fingerprint density at radius 1 is 1.39 bits per heavy atom. The minimum Gasteiger partial charge on any atom is -0.476 e. The highest BCUT2D eigenvalue weighted by Crippen LogP contribution is 2.21. The molecule has 1 heterocycles. The molecule has 0 aliphatic rings.